The quantitative estimate of drug-likeness (QED) is 0.402. The van der Waals surface area contributed by atoms with Gasteiger partial charge in [-0.2, -0.15) is 0 Å². The Kier molecular flexibility index (Phi) is 7.58. The number of carbonyl (C=O) groups is 1. The molecule has 7 heteroatoms. The molecule has 0 aliphatic carbocycles. The SMILES string of the molecule is CN(C)CP(=O)(O)CCNCCCC(=O)O. The van der Waals surface area contributed by atoms with E-state index in [1.54, 1.807) is 19.0 Å². The van der Waals surface area contributed by atoms with Crippen LogP contribution in [0.3, 0.4) is 0 Å². The molecule has 0 aromatic heterocycles. The van der Waals surface area contributed by atoms with Crippen molar-refractivity contribution in [3.8, 4) is 0 Å². The summed E-state index contributed by atoms with van der Waals surface area (Å²) in [4.78, 5) is 21.4. The van der Waals surface area contributed by atoms with Crippen LogP contribution in [0.2, 0.25) is 0 Å². The fraction of sp³-hybridized carbons (Fsp3) is 0.889. The summed E-state index contributed by atoms with van der Waals surface area (Å²) >= 11 is 0. The topological polar surface area (TPSA) is 89.9 Å². The number of carboxylic acid groups (broad SMARTS) is 1. The summed E-state index contributed by atoms with van der Waals surface area (Å²) in [6, 6.07) is 0. The molecule has 0 aliphatic heterocycles. The second-order valence-electron chi connectivity index (χ2n) is 4.04. The average Bonchev–Trinajstić information content (AvgIpc) is 2.08. The van der Waals surface area contributed by atoms with E-state index in [1.165, 1.54) is 0 Å². The molecule has 16 heavy (non-hydrogen) atoms. The Balaban J connectivity index is 3.50. The minimum Gasteiger partial charge on any atom is -0.481 e. The van der Waals surface area contributed by atoms with Gasteiger partial charge in [0.25, 0.3) is 0 Å². The van der Waals surface area contributed by atoms with Crippen molar-refractivity contribution in [2.75, 3.05) is 39.6 Å². The molecule has 1 atom stereocenters. The van der Waals surface area contributed by atoms with Crippen LogP contribution in [-0.4, -0.2) is 60.5 Å². The molecule has 0 radical (unpaired) electrons. The third-order valence-corrected chi connectivity index (χ3v) is 3.82. The zero-order valence-electron chi connectivity index (χ0n) is 9.85. The third-order valence-electron chi connectivity index (χ3n) is 1.89. The van der Waals surface area contributed by atoms with Gasteiger partial charge in [-0.25, -0.2) is 0 Å². The van der Waals surface area contributed by atoms with Gasteiger partial charge in [-0.05, 0) is 27.1 Å². The van der Waals surface area contributed by atoms with E-state index in [-0.39, 0.29) is 18.9 Å². The molecule has 0 bridgehead atoms. The number of aliphatic carboxylic acids is 1. The minimum absolute atomic E-state index is 0.126. The normalized spacial score (nSPS) is 15.0. The van der Waals surface area contributed by atoms with E-state index in [0.29, 0.717) is 19.5 Å². The molecule has 0 saturated heterocycles. The lowest BCUT2D eigenvalue weighted by Gasteiger charge is -2.16. The summed E-state index contributed by atoms with van der Waals surface area (Å²) in [5, 5.41) is 11.3. The highest BCUT2D eigenvalue weighted by molar-refractivity contribution is 7.57. The maximum Gasteiger partial charge on any atom is 0.303 e. The summed E-state index contributed by atoms with van der Waals surface area (Å²) in [7, 11) is 0.437. The highest BCUT2D eigenvalue weighted by Gasteiger charge is 2.17. The fourth-order valence-electron chi connectivity index (χ4n) is 1.26. The zero-order valence-corrected chi connectivity index (χ0v) is 10.7. The van der Waals surface area contributed by atoms with Gasteiger partial charge in [0.05, 0.1) is 6.29 Å². The molecule has 0 spiro atoms. The number of nitrogens with zero attached hydrogens (tertiary/aromatic N) is 1. The largest absolute Gasteiger partial charge is 0.481 e. The summed E-state index contributed by atoms with van der Waals surface area (Å²) < 4.78 is 11.5. The Hall–Kier alpha value is -0.420. The van der Waals surface area contributed by atoms with Crippen LogP contribution in [0.4, 0.5) is 0 Å². The van der Waals surface area contributed by atoms with Crippen LogP contribution >= 0.6 is 7.37 Å². The Morgan fingerprint density at radius 1 is 1.38 bits per heavy atom. The van der Waals surface area contributed by atoms with Crippen LogP contribution in [0, 0.1) is 0 Å². The first-order chi connectivity index (χ1) is 7.33. The summed E-state index contributed by atoms with van der Waals surface area (Å²) in [5.41, 5.74) is 0. The Morgan fingerprint density at radius 3 is 2.50 bits per heavy atom. The lowest BCUT2D eigenvalue weighted by Crippen LogP contribution is -2.23. The van der Waals surface area contributed by atoms with E-state index in [9.17, 15) is 14.3 Å². The first-order valence-corrected chi connectivity index (χ1v) is 7.24. The first-order valence-electron chi connectivity index (χ1n) is 5.21. The van der Waals surface area contributed by atoms with Gasteiger partial charge in [-0.3, -0.25) is 9.36 Å². The molecule has 0 rings (SSSR count). The van der Waals surface area contributed by atoms with E-state index in [4.69, 9.17) is 5.11 Å². The highest BCUT2D eigenvalue weighted by Crippen LogP contribution is 2.39. The fourth-order valence-corrected chi connectivity index (χ4v) is 2.79. The summed E-state index contributed by atoms with van der Waals surface area (Å²) in [6.07, 6.45) is 1.07. The van der Waals surface area contributed by atoms with Crippen molar-refractivity contribution in [3.05, 3.63) is 0 Å². The minimum atomic E-state index is -3.07. The van der Waals surface area contributed by atoms with Crippen LogP contribution < -0.4 is 5.32 Å². The molecule has 1 unspecified atom stereocenters. The Bertz CT molecular complexity index is 258. The average molecular weight is 252 g/mol. The molecule has 0 amide bonds. The molecule has 3 N–H and O–H groups in total. The number of nitrogens with one attached hydrogen (secondary N) is 1. The molecule has 0 fully saturated rings. The van der Waals surface area contributed by atoms with E-state index >= 15 is 0 Å². The summed E-state index contributed by atoms with van der Waals surface area (Å²) in [5.74, 6) is -0.817. The van der Waals surface area contributed by atoms with Crippen molar-refractivity contribution in [3.63, 3.8) is 0 Å². The zero-order chi connectivity index (χ0) is 12.6. The standard InChI is InChI=1S/C9H21N2O4P/c1-11(2)8-16(14,15)7-6-10-5-3-4-9(12)13/h10H,3-8H2,1-2H3,(H,12,13)(H,14,15). The van der Waals surface area contributed by atoms with Crippen molar-refractivity contribution in [2.45, 2.75) is 12.8 Å². The Morgan fingerprint density at radius 2 is 2.00 bits per heavy atom. The van der Waals surface area contributed by atoms with Crippen LogP contribution in [0.15, 0.2) is 0 Å². The van der Waals surface area contributed by atoms with Crippen molar-refractivity contribution in [1.82, 2.24) is 10.2 Å². The second kappa shape index (κ2) is 7.79. The van der Waals surface area contributed by atoms with Crippen LogP contribution in [0.5, 0.6) is 0 Å². The Labute approximate surface area is 96.1 Å². The molecule has 0 aromatic rings. The maximum atomic E-state index is 11.5. The van der Waals surface area contributed by atoms with Crippen molar-refractivity contribution in [2.24, 2.45) is 0 Å². The lowest BCUT2D eigenvalue weighted by atomic mass is 10.3. The van der Waals surface area contributed by atoms with Crippen molar-refractivity contribution >= 4 is 13.3 Å². The molecule has 96 valence electrons. The lowest BCUT2D eigenvalue weighted by molar-refractivity contribution is -0.137. The van der Waals surface area contributed by atoms with Gasteiger partial charge in [0.1, 0.15) is 0 Å². The smallest absolute Gasteiger partial charge is 0.303 e. The molecule has 0 saturated carbocycles. The van der Waals surface area contributed by atoms with Gasteiger partial charge < -0.3 is 20.2 Å². The molecular weight excluding hydrogens is 231 g/mol. The van der Waals surface area contributed by atoms with Crippen molar-refractivity contribution in [1.29, 1.82) is 0 Å². The molecule has 0 heterocycles. The molecule has 0 aliphatic rings. The summed E-state index contributed by atoms with van der Waals surface area (Å²) in [6.45, 7) is 1.01. The van der Waals surface area contributed by atoms with Gasteiger partial charge in [-0.1, -0.05) is 0 Å². The number of hydrogen-bond donors (Lipinski definition) is 3. The monoisotopic (exact) mass is 252 g/mol. The van der Waals surface area contributed by atoms with Gasteiger partial charge in [-0.15, -0.1) is 0 Å². The van der Waals surface area contributed by atoms with Gasteiger partial charge in [0.15, 0.2) is 0 Å². The van der Waals surface area contributed by atoms with E-state index < -0.39 is 13.3 Å². The second-order valence-corrected chi connectivity index (χ2v) is 6.46. The van der Waals surface area contributed by atoms with Crippen LogP contribution in [-0.2, 0) is 9.36 Å². The number of rotatable bonds is 9. The highest BCUT2D eigenvalue weighted by atomic mass is 31.2. The van der Waals surface area contributed by atoms with E-state index in [2.05, 4.69) is 5.32 Å². The first kappa shape index (κ1) is 15.6. The third kappa shape index (κ3) is 10.1. The van der Waals surface area contributed by atoms with E-state index in [1.807, 2.05) is 0 Å². The predicted molar refractivity (Wildman–Crippen MR) is 63.0 cm³/mol. The number of carboxylic acids is 1. The predicted octanol–water partition coefficient (Wildman–Crippen LogP) is 0.230. The van der Waals surface area contributed by atoms with Crippen LogP contribution in [0.1, 0.15) is 12.8 Å². The molecule has 0 aromatic carbocycles. The van der Waals surface area contributed by atoms with Gasteiger partial charge in [0, 0.05) is 19.1 Å². The van der Waals surface area contributed by atoms with Gasteiger partial charge >= 0.3 is 5.97 Å². The van der Waals surface area contributed by atoms with Crippen molar-refractivity contribution < 1.29 is 19.4 Å². The molecular formula is C9H21N2O4P. The molecule has 6 nitrogen and oxygen atoms in total. The van der Waals surface area contributed by atoms with Gasteiger partial charge in [0.2, 0.25) is 7.37 Å². The number of hydrogen-bond acceptors (Lipinski definition) is 4. The maximum absolute atomic E-state index is 11.5. The van der Waals surface area contributed by atoms with E-state index in [0.717, 1.165) is 0 Å². The van der Waals surface area contributed by atoms with Crippen LogP contribution in [0.25, 0.3) is 0 Å².